The van der Waals surface area contributed by atoms with Gasteiger partial charge < -0.3 is 4.84 Å². The molecule has 4 rings (SSSR count). The predicted octanol–water partition coefficient (Wildman–Crippen LogP) is 4.90. The molecule has 5 heteroatoms. The number of para-hydroxylation sites is 1. The largest absolute Gasteiger partial charge is 0.365 e. The zero-order valence-corrected chi connectivity index (χ0v) is 14.3. The fraction of sp³-hybridized carbons (Fsp3) is 0.0952. The molecule has 3 aromatic carbocycles. The first-order valence-corrected chi connectivity index (χ1v) is 8.37. The number of hydrogen-bond acceptors (Lipinski definition) is 3. The molecule has 0 aromatic heterocycles. The molecule has 0 spiro atoms. The van der Waals surface area contributed by atoms with Gasteiger partial charge in [0.2, 0.25) is 0 Å². The van der Waals surface area contributed by atoms with Crippen molar-refractivity contribution in [2.24, 2.45) is 4.99 Å². The average molecular weight is 347 g/mol. The van der Waals surface area contributed by atoms with E-state index in [1.54, 1.807) is 11.1 Å². The standard InChI is InChI=1S/C21H18FN3O/c1-24-20(16-9-4-2-5-10-16)25(19-14-8-11-17(22)15-19)21(26-24)23-18-12-6-3-7-13-18/h2-15,20H,1H3/t20-/m0/s1. The molecule has 130 valence electrons. The quantitative estimate of drug-likeness (QED) is 0.675. The molecule has 26 heavy (non-hydrogen) atoms. The van der Waals surface area contributed by atoms with Crippen molar-refractivity contribution in [3.63, 3.8) is 0 Å². The van der Waals surface area contributed by atoms with Gasteiger partial charge in [-0.3, -0.25) is 4.90 Å². The van der Waals surface area contributed by atoms with Crippen LogP contribution in [0.4, 0.5) is 15.8 Å². The van der Waals surface area contributed by atoms with E-state index in [1.807, 2.05) is 78.7 Å². The molecule has 0 amide bonds. The van der Waals surface area contributed by atoms with Crippen molar-refractivity contribution < 1.29 is 9.23 Å². The van der Waals surface area contributed by atoms with Crippen molar-refractivity contribution in [3.05, 3.63) is 96.3 Å². The average Bonchev–Trinajstić information content (AvgIpc) is 2.99. The molecule has 0 unspecified atom stereocenters. The molecule has 1 aliphatic rings. The fourth-order valence-electron chi connectivity index (χ4n) is 3.04. The Balaban J connectivity index is 1.83. The van der Waals surface area contributed by atoms with Crippen LogP contribution in [0, 0.1) is 5.82 Å². The lowest BCUT2D eigenvalue weighted by Gasteiger charge is -2.25. The zero-order chi connectivity index (χ0) is 17.9. The Hall–Kier alpha value is -3.18. The van der Waals surface area contributed by atoms with E-state index in [-0.39, 0.29) is 12.0 Å². The summed E-state index contributed by atoms with van der Waals surface area (Å²) < 4.78 is 13.9. The second kappa shape index (κ2) is 6.98. The molecule has 1 fully saturated rings. The molecular formula is C21H18FN3O. The van der Waals surface area contributed by atoms with Gasteiger partial charge in [0.15, 0.2) is 6.17 Å². The molecule has 0 radical (unpaired) electrons. The highest BCUT2D eigenvalue weighted by atomic mass is 19.1. The summed E-state index contributed by atoms with van der Waals surface area (Å²) in [6.07, 6.45) is -0.250. The van der Waals surface area contributed by atoms with Gasteiger partial charge in [0.05, 0.1) is 11.4 Å². The first kappa shape index (κ1) is 16.3. The van der Waals surface area contributed by atoms with Gasteiger partial charge in [0.25, 0.3) is 0 Å². The maximum Gasteiger partial charge on any atom is 0.319 e. The van der Waals surface area contributed by atoms with E-state index in [0.29, 0.717) is 11.7 Å². The van der Waals surface area contributed by atoms with Crippen molar-refractivity contribution in [2.75, 3.05) is 11.9 Å². The van der Waals surface area contributed by atoms with Crippen LogP contribution in [-0.4, -0.2) is 18.1 Å². The molecule has 1 heterocycles. The van der Waals surface area contributed by atoms with E-state index in [9.17, 15) is 4.39 Å². The van der Waals surface area contributed by atoms with Crippen molar-refractivity contribution in [2.45, 2.75) is 6.17 Å². The minimum Gasteiger partial charge on any atom is -0.365 e. The lowest BCUT2D eigenvalue weighted by atomic mass is 10.1. The Morgan fingerprint density at radius 3 is 2.27 bits per heavy atom. The monoisotopic (exact) mass is 347 g/mol. The van der Waals surface area contributed by atoms with E-state index >= 15 is 0 Å². The summed E-state index contributed by atoms with van der Waals surface area (Å²) in [6.45, 7) is 0. The minimum atomic E-state index is -0.303. The van der Waals surface area contributed by atoms with Gasteiger partial charge in [0, 0.05) is 7.05 Å². The summed E-state index contributed by atoms with van der Waals surface area (Å²) in [5, 5.41) is 1.72. The molecule has 4 nitrogen and oxygen atoms in total. The number of benzene rings is 3. The molecule has 0 aliphatic carbocycles. The van der Waals surface area contributed by atoms with Crippen LogP contribution in [0.2, 0.25) is 0 Å². The van der Waals surface area contributed by atoms with Crippen LogP contribution in [0.5, 0.6) is 0 Å². The van der Waals surface area contributed by atoms with E-state index < -0.39 is 0 Å². The van der Waals surface area contributed by atoms with Gasteiger partial charge >= 0.3 is 6.02 Å². The zero-order valence-electron chi connectivity index (χ0n) is 14.3. The summed E-state index contributed by atoms with van der Waals surface area (Å²) in [6, 6.07) is 26.3. The second-order valence-electron chi connectivity index (χ2n) is 6.00. The van der Waals surface area contributed by atoms with Gasteiger partial charge in [-0.05, 0) is 35.9 Å². The number of amidine groups is 1. The van der Waals surface area contributed by atoms with Gasteiger partial charge in [0.1, 0.15) is 5.82 Å². The SMILES string of the molecule is CN1OC(=Nc2ccccc2)N(c2cccc(F)c2)[C@H]1c1ccccc1. The summed E-state index contributed by atoms with van der Waals surface area (Å²) in [5.41, 5.74) is 2.47. The number of rotatable bonds is 3. The van der Waals surface area contributed by atoms with E-state index in [4.69, 9.17) is 4.84 Å². The molecule has 0 N–H and O–H groups in total. The topological polar surface area (TPSA) is 28.1 Å². The van der Waals surface area contributed by atoms with Crippen LogP contribution in [0.3, 0.4) is 0 Å². The van der Waals surface area contributed by atoms with Crippen LogP contribution in [0.1, 0.15) is 11.7 Å². The van der Waals surface area contributed by atoms with Crippen LogP contribution >= 0.6 is 0 Å². The lowest BCUT2D eigenvalue weighted by molar-refractivity contribution is -0.0493. The Bertz CT molecular complexity index is 915. The van der Waals surface area contributed by atoms with Gasteiger partial charge in [-0.15, -0.1) is 5.06 Å². The second-order valence-corrected chi connectivity index (χ2v) is 6.00. The molecule has 3 aromatic rings. The summed E-state index contributed by atoms with van der Waals surface area (Å²) in [7, 11) is 1.84. The highest BCUT2D eigenvalue weighted by molar-refractivity contribution is 5.95. The Morgan fingerprint density at radius 2 is 1.58 bits per heavy atom. The maximum atomic E-state index is 13.9. The molecule has 0 bridgehead atoms. The smallest absolute Gasteiger partial charge is 0.319 e. The van der Waals surface area contributed by atoms with Crippen LogP contribution in [0.25, 0.3) is 0 Å². The first-order valence-electron chi connectivity index (χ1n) is 8.37. The van der Waals surface area contributed by atoms with E-state index in [2.05, 4.69) is 4.99 Å². The molecule has 1 atom stereocenters. The van der Waals surface area contributed by atoms with Crippen LogP contribution in [0.15, 0.2) is 89.9 Å². The number of anilines is 1. The third kappa shape index (κ3) is 3.17. The predicted molar refractivity (Wildman–Crippen MR) is 100 cm³/mol. The van der Waals surface area contributed by atoms with Crippen molar-refractivity contribution in [1.82, 2.24) is 5.06 Å². The Labute approximate surface area is 151 Å². The van der Waals surface area contributed by atoms with Gasteiger partial charge in [-0.1, -0.05) is 54.6 Å². The molecule has 1 aliphatic heterocycles. The highest BCUT2D eigenvalue weighted by Gasteiger charge is 2.39. The Kier molecular flexibility index (Phi) is 4.37. The van der Waals surface area contributed by atoms with Gasteiger partial charge in [-0.25, -0.2) is 4.39 Å². The Morgan fingerprint density at radius 1 is 0.885 bits per heavy atom. The summed E-state index contributed by atoms with van der Waals surface area (Å²) in [5.74, 6) is -0.303. The number of nitrogens with zero attached hydrogens (tertiary/aromatic N) is 3. The maximum absolute atomic E-state index is 13.9. The normalized spacial score (nSPS) is 18.9. The van der Waals surface area contributed by atoms with Gasteiger partial charge in [-0.2, -0.15) is 4.99 Å². The fourth-order valence-corrected chi connectivity index (χ4v) is 3.04. The molecule has 1 saturated heterocycles. The number of halogens is 1. The summed E-state index contributed by atoms with van der Waals surface area (Å²) in [4.78, 5) is 12.4. The van der Waals surface area contributed by atoms with Crippen molar-refractivity contribution in [3.8, 4) is 0 Å². The third-order valence-electron chi connectivity index (χ3n) is 4.19. The van der Waals surface area contributed by atoms with Crippen molar-refractivity contribution >= 4 is 17.4 Å². The number of hydrogen-bond donors (Lipinski definition) is 0. The lowest BCUT2D eigenvalue weighted by Crippen LogP contribution is -2.30. The molecule has 0 saturated carbocycles. The molecular weight excluding hydrogens is 329 g/mol. The van der Waals surface area contributed by atoms with Crippen molar-refractivity contribution in [1.29, 1.82) is 0 Å². The number of aliphatic imine (C=N–C) groups is 1. The summed E-state index contributed by atoms with van der Waals surface area (Å²) >= 11 is 0. The van der Waals surface area contributed by atoms with Crippen LogP contribution in [-0.2, 0) is 4.84 Å². The third-order valence-corrected chi connectivity index (χ3v) is 4.19. The van der Waals surface area contributed by atoms with Crippen LogP contribution < -0.4 is 4.90 Å². The number of hydroxylamine groups is 2. The van der Waals surface area contributed by atoms with E-state index in [0.717, 1.165) is 11.3 Å². The minimum absolute atomic E-state index is 0.250. The first-order chi connectivity index (χ1) is 12.7. The highest BCUT2D eigenvalue weighted by Crippen LogP contribution is 2.36. The van der Waals surface area contributed by atoms with E-state index in [1.165, 1.54) is 12.1 Å².